The maximum atomic E-state index is 12.8. The van der Waals surface area contributed by atoms with Gasteiger partial charge in [0.05, 0.1) is 37.1 Å². The standard InChI is InChI=1S/C18H28N2O2S/c1-15-6-8-18(9-7-15)23(21,22)20-12-10-19(11-13-20)17-5-3-4-16(2)14-17/h6-9,16-17H,3-5,10-14H2,1-2H3/p+1/t16-,17-/m0/s1. The zero-order valence-corrected chi connectivity index (χ0v) is 15.1. The molecule has 0 aromatic heterocycles. The highest BCUT2D eigenvalue weighted by Crippen LogP contribution is 2.22. The molecule has 1 saturated heterocycles. The lowest BCUT2D eigenvalue weighted by molar-refractivity contribution is -0.930. The molecule has 2 aliphatic rings. The number of aryl methyl sites for hydroxylation is 1. The fourth-order valence-electron chi connectivity index (χ4n) is 4.09. The van der Waals surface area contributed by atoms with Gasteiger partial charge in [0.25, 0.3) is 0 Å². The fourth-order valence-corrected chi connectivity index (χ4v) is 5.53. The maximum Gasteiger partial charge on any atom is 0.243 e. The van der Waals surface area contributed by atoms with Crippen LogP contribution in [-0.2, 0) is 10.0 Å². The van der Waals surface area contributed by atoms with Crippen molar-refractivity contribution in [1.82, 2.24) is 4.31 Å². The largest absolute Gasteiger partial charge is 0.330 e. The van der Waals surface area contributed by atoms with Gasteiger partial charge in [-0.25, -0.2) is 8.42 Å². The van der Waals surface area contributed by atoms with Crippen molar-refractivity contribution in [2.75, 3.05) is 26.2 Å². The van der Waals surface area contributed by atoms with E-state index in [0.717, 1.165) is 30.6 Å². The summed E-state index contributed by atoms with van der Waals surface area (Å²) in [5.74, 6) is 0.829. The smallest absolute Gasteiger partial charge is 0.243 e. The Kier molecular flexibility index (Phi) is 5.09. The van der Waals surface area contributed by atoms with E-state index in [9.17, 15) is 8.42 Å². The molecule has 1 saturated carbocycles. The maximum absolute atomic E-state index is 12.8. The molecule has 1 aliphatic heterocycles. The summed E-state index contributed by atoms with van der Waals surface area (Å²) in [6, 6.07) is 7.94. The van der Waals surface area contributed by atoms with Crippen LogP contribution < -0.4 is 4.90 Å². The highest BCUT2D eigenvalue weighted by atomic mass is 32.2. The van der Waals surface area contributed by atoms with Crippen LogP contribution in [0, 0.1) is 12.8 Å². The number of rotatable bonds is 3. The van der Waals surface area contributed by atoms with Gasteiger partial charge in [-0.15, -0.1) is 0 Å². The van der Waals surface area contributed by atoms with E-state index in [0.29, 0.717) is 18.0 Å². The summed E-state index contributed by atoms with van der Waals surface area (Å²) in [5.41, 5.74) is 1.09. The Hall–Kier alpha value is -0.910. The van der Waals surface area contributed by atoms with E-state index in [-0.39, 0.29) is 0 Å². The monoisotopic (exact) mass is 337 g/mol. The Labute approximate surface area is 140 Å². The molecule has 1 aliphatic carbocycles. The van der Waals surface area contributed by atoms with E-state index in [1.165, 1.54) is 25.7 Å². The Morgan fingerprint density at radius 2 is 1.74 bits per heavy atom. The van der Waals surface area contributed by atoms with E-state index in [1.807, 2.05) is 19.1 Å². The molecule has 2 atom stereocenters. The number of sulfonamides is 1. The van der Waals surface area contributed by atoms with Gasteiger partial charge >= 0.3 is 0 Å². The van der Waals surface area contributed by atoms with Crippen molar-refractivity contribution in [1.29, 1.82) is 0 Å². The minimum atomic E-state index is -3.32. The van der Waals surface area contributed by atoms with E-state index >= 15 is 0 Å². The summed E-state index contributed by atoms with van der Waals surface area (Å²) in [7, 11) is -3.32. The molecule has 5 heteroatoms. The zero-order chi connectivity index (χ0) is 16.4. The van der Waals surface area contributed by atoms with Crippen molar-refractivity contribution in [3.8, 4) is 0 Å². The van der Waals surface area contributed by atoms with Gasteiger partial charge in [-0.2, -0.15) is 4.31 Å². The summed E-state index contributed by atoms with van der Waals surface area (Å²) in [4.78, 5) is 2.05. The zero-order valence-electron chi connectivity index (χ0n) is 14.3. The van der Waals surface area contributed by atoms with Crippen LogP contribution in [0.2, 0.25) is 0 Å². The quantitative estimate of drug-likeness (QED) is 0.907. The third-order valence-electron chi connectivity index (χ3n) is 5.54. The first-order valence-electron chi connectivity index (χ1n) is 8.88. The van der Waals surface area contributed by atoms with Crippen LogP contribution in [0.1, 0.15) is 38.2 Å². The van der Waals surface area contributed by atoms with Crippen LogP contribution in [0.4, 0.5) is 0 Å². The van der Waals surface area contributed by atoms with Gasteiger partial charge in [-0.1, -0.05) is 31.0 Å². The van der Waals surface area contributed by atoms with Crippen LogP contribution in [0.25, 0.3) is 0 Å². The molecule has 3 rings (SSSR count). The topological polar surface area (TPSA) is 41.8 Å². The Bertz CT molecular complexity index is 619. The van der Waals surface area contributed by atoms with Crippen LogP contribution in [-0.4, -0.2) is 44.9 Å². The lowest BCUT2D eigenvalue weighted by Gasteiger charge is -2.38. The van der Waals surface area contributed by atoms with E-state index < -0.39 is 10.0 Å². The first kappa shape index (κ1) is 16.9. The van der Waals surface area contributed by atoms with Gasteiger partial charge in [0.15, 0.2) is 0 Å². The van der Waals surface area contributed by atoms with Crippen LogP contribution >= 0.6 is 0 Å². The molecule has 128 valence electrons. The van der Waals surface area contributed by atoms with Gasteiger partial charge in [-0.05, 0) is 37.8 Å². The van der Waals surface area contributed by atoms with Crippen molar-refractivity contribution in [3.05, 3.63) is 29.8 Å². The van der Waals surface area contributed by atoms with E-state index in [4.69, 9.17) is 0 Å². The molecule has 23 heavy (non-hydrogen) atoms. The Morgan fingerprint density at radius 1 is 1.09 bits per heavy atom. The molecule has 2 fully saturated rings. The second-order valence-electron chi connectivity index (χ2n) is 7.34. The number of hydrogen-bond acceptors (Lipinski definition) is 2. The number of hydrogen-bond donors (Lipinski definition) is 1. The molecule has 1 aromatic carbocycles. The molecule has 0 spiro atoms. The first-order valence-corrected chi connectivity index (χ1v) is 10.3. The van der Waals surface area contributed by atoms with Crippen molar-refractivity contribution in [2.45, 2.75) is 50.5 Å². The molecule has 0 bridgehead atoms. The number of nitrogens with one attached hydrogen (secondary N) is 1. The molecule has 4 nitrogen and oxygen atoms in total. The summed E-state index contributed by atoms with van der Waals surface area (Å²) in [6.07, 6.45) is 5.31. The lowest BCUT2D eigenvalue weighted by Crippen LogP contribution is -3.18. The third-order valence-corrected chi connectivity index (χ3v) is 7.45. The van der Waals surface area contributed by atoms with Gasteiger partial charge in [0, 0.05) is 6.42 Å². The predicted octanol–water partition coefficient (Wildman–Crippen LogP) is 1.46. The van der Waals surface area contributed by atoms with Crippen molar-refractivity contribution in [2.24, 2.45) is 5.92 Å². The van der Waals surface area contributed by atoms with Crippen molar-refractivity contribution >= 4 is 10.0 Å². The number of piperazine rings is 1. The average Bonchev–Trinajstić information content (AvgIpc) is 2.55. The summed E-state index contributed by atoms with van der Waals surface area (Å²) >= 11 is 0. The van der Waals surface area contributed by atoms with Gasteiger partial charge in [-0.3, -0.25) is 0 Å². The molecule has 1 N–H and O–H groups in total. The minimum absolute atomic E-state index is 0.429. The number of quaternary nitrogens is 1. The van der Waals surface area contributed by atoms with Crippen molar-refractivity contribution in [3.63, 3.8) is 0 Å². The second-order valence-corrected chi connectivity index (χ2v) is 9.28. The molecule has 1 heterocycles. The number of nitrogens with zero attached hydrogens (tertiary/aromatic N) is 1. The molecular weight excluding hydrogens is 308 g/mol. The SMILES string of the molecule is Cc1ccc(S(=O)(=O)N2CC[NH+]([C@H]3CCC[C@H](C)C3)CC2)cc1. The molecular formula is C18H29N2O2S+. The first-order chi connectivity index (χ1) is 11.0. The molecule has 0 unspecified atom stereocenters. The normalized spacial score (nSPS) is 27.9. The number of benzene rings is 1. The van der Waals surface area contributed by atoms with E-state index in [2.05, 4.69) is 6.92 Å². The highest BCUT2D eigenvalue weighted by Gasteiger charge is 2.34. The van der Waals surface area contributed by atoms with Gasteiger partial charge in [0.2, 0.25) is 10.0 Å². The lowest BCUT2D eigenvalue weighted by atomic mass is 9.86. The highest BCUT2D eigenvalue weighted by molar-refractivity contribution is 7.89. The van der Waals surface area contributed by atoms with Crippen LogP contribution in [0.15, 0.2) is 29.2 Å². The van der Waals surface area contributed by atoms with E-state index in [1.54, 1.807) is 21.3 Å². The molecule has 1 aromatic rings. The van der Waals surface area contributed by atoms with Gasteiger partial charge in [0.1, 0.15) is 0 Å². The molecule has 0 amide bonds. The Balaban J connectivity index is 1.63. The van der Waals surface area contributed by atoms with Crippen molar-refractivity contribution < 1.29 is 13.3 Å². The van der Waals surface area contributed by atoms with Crippen LogP contribution in [0.5, 0.6) is 0 Å². The summed E-state index contributed by atoms with van der Waals surface area (Å²) < 4.78 is 27.2. The van der Waals surface area contributed by atoms with Gasteiger partial charge < -0.3 is 4.90 Å². The second kappa shape index (κ2) is 6.91. The fraction of sp³-hybridized carbons (Fsp3) is 0.667. The van der Waals surface area contributed by atoms with Crippen LogP contribution in [0.3, 0.4) is 0 Å². The Morgan fingerprint density at radius 3 is 2.35 bits per heavy atom. The summed E-state index contributed by atoms with van der Waals surface area (Å²) in [6.45, 7) is 7.52. The molecule has 0 radical (unpaired) electrons. The minimum Gasteiger partial charge on any atom is -0.330 e. The summed E-state index contributed by atoms with van der Waals surface area (Å²) in [5, 5.41) is 0. The average molecular weight is 338 g/mol. The predicted molar refractivity (Wildman–Crippen MR) is 92.1 cm³/mol. The third kappa shape index (κ3) is 3.78.